The number of fused-ring (bicyclic) bond motifs is 1. The van der Waals surface area contributed by atoms with Crippen LogP contribution in [0.3, 0.4) is 0 Å². The van der Waals surface area contributed by atoms with Gasteiger partial charge in [0.1, 0.15) is 0 Å². The smallest absolute Gasteiger partial charge is 0.0801 e. The second-order valence-electron chi connectivity index (χ2n) is 4.10. The molecule has 0 amide bonds. The van der Waals surface area contributed by atoms with Gasteiger partial charge >= 0.3 is 0 Å². The number of rotatable bonds is 6. The highest BCUT2D eigenvalue weighted by Gasteiger charge is 2.26. The Morgan fingerprint density at radius 3 is 3.24 bits per heavy atom. The standard InChI is InChI=1S/C12H20N2OS2/c1-3-13-11-9-14(6-4-7-15-2)17-12-10(11)5-8-16-12/h5,8,11,13H,3-4,6-7,9H2,1-2H3/t11-/m0/s1. The monoisotopic (exact) mass is 272 g/mol. The van der Waals surface area contributed by atoms with E-state index in [0.29, 0.717) is 6.04 Å². The molecule has 0 fully saturated rings. The van der Waals surface area contributed by atoms with E-state index in [4.69, 9.17) is 4.74 Å². The van der Waals surface area contributed by atoms with Crippen LogP contribution in [-0.2, 0) is 4.74 Å². The Morgan fingerprint density at radius 1 is 1.59 bits per heavy atom. The van der Waals surface area contributed by atoms with E-state index in [1.165, 1.54) is 9.77 Å². The van der Waals surface area contributed by atoms with Crippen molar-refractivity contribution in [3.63, 3.8) is 0 Å². The van der Waals surface area contributed by atoms with Gasteiger partial charge in [-0.25, -0.2) is 4.31 Å². The van der Waals surface area contributed by atoms with Gasteiger partial charge in [0.05, 0.1) is 4.21 Å². The van der Waals surface area contributed by atoms with Crippen LogP contribution in [0.4, 0.5) is 0 Å². The molecule has 0 bridgehead atoms. The minimum Gasteiger partial charge on any atom is -0.385 e. The normalized spacial score (nSPS) is 20.5. The summed E-state index contributed by atoms with van der Waals surface area (Å²) in [6.45, 7) is 6.23. The SMILES string of the molecule is CCN[C@H]1CN(CCCOC)Sc2sccc21. The van der Waals surface area contributed by atoms with Crippen molar-refractivity contribution >= 4 is 23.3 Å². The first kappa shape index (κ1) is 13.4. The predicted octanol–water partition coefficient (Wildman–Crippen LogP) is 2.76. The zero-order chi connectivity index (χ0) is 12.1. The molecule has 1 aliphatic rings. The summed E-state index contributed by atoms with van der Waals surface area (Å²) in [5.41, 5.74) is 1.48. The molecule has 17 heavy (non-hydrogen) atoms. The molecule has 1 aromatic heterocycles. The second-order valence-corrected chi connectivity index (χ2v) is 6.38. The van der Waals surface area contributed by atoms with Crippen molar-refractivity contribution in [1.82, 2.24) is 9.62 Å². The fourth-order valence-corrected chi connectivity index (χ4v) is 4.37. The highest BCUT2D eigenvalue weighted by Crippen LogP contribution is 2.40. The molecule has 0 saturated heterocycles. The highest BCUT2D eigenvalue weighted by molar-refractivity contribution is 7.99. The lowest BCUT2D eigenvalue weighted by atomic mass is 10.1. The van der Waals surface area contributed by atoms with Crippen molar-refractivity contribution in [2.45, 2.75) is 23.6 Å². The van der Waals surface area contributed by atoms with Gasteiger partial charge in [0.25, 0.3) is 0 Å². The molecule has 0 aromatic carbocycles. The van der Waals surface area contributed by atoms with Crippen LogP contribution in [0.1, 0.15) is 24.9 Å². The predicted molar refractivity (Wildman–Crippen MR) is 74.7 cm³/mol. The van der Waals surface area contributed by atoms with E-state index in [1.807, 2.05) is 23.3 Å². The zero-order valence-electron chi connectivity index (χ0n) is 10.4. The van der Waals surface area contributed by atoms with Gasteiger partial charge in [-0.3, -0.25) is 0 Å². The topological polar surface area (TPSA) is 24.5 Å². The van der Waals surface area contributed by atoms with E-state index < -0.39 is 0 Å². The molecule has 0 unspecified atom stereocenters. The molecule has 3 nitrogen and oxygen atoms in total. The summed E-state index contributed by atoms with van der Waals surface area (Å²) in [5, 5.41) is 5.76. The van der Waals surface area contributed by atoms with Crippen molar-refractivity contribution in [1.29, 1.82) is 0 Å². The van der Waals surface area contributed by atoms with Crippen LogP contribution in [0, 0.1) is 0 Å². The van der Waals surface area contributed by atoms with Gasteiger partial charge < -0.3 is 10.1 Å². The van der Waals surface area contributed by atoms with E-state index in [2.05, 4.69) is 28.0 Å². The summed E-state index contributed by atoms with van der Waals surface area (Å²) in [5.74, 6) is 0. The maximum Gasteiger partial charge on any atom is 0.0801 e. The van der Waals surface area contributed by atoms with Crippen molar-refractivity contribution in [3.8, 4) is 0 Å². The molecule has 0 radical (unpaired) electrons. The Hall–Kier alpha value is -0.0700. The van der Waals surface area contributed by atoms with Crippen molar-refractivity contribution < 1.29 is 4.74 Å². The molecule has 1 N–H and O–H groups in total. The van der Waals surface area contributed by atoms with E-state index in [9.17, 15) is 0 Å². The first-order chi connectivity index (χ1) is 8.35. The van der Waals surface area contributed by atoms with Gasteiger partial charge in [-0.15, -0.1) is 11.3 Å². The number of hydrogen-bond acceptors (Lipinski definition) is 5. The van der Waals surface area contributed by atoms with Crippen LogP contribution in [0.2, 0.25) is 0 Å². The molecule has 1 aromatic rings. The fourth-order valence-electron chi connectivity index (χ4n) is 2.04. The van der Waals surface area contributed by atoms with Gasteiger partial charge in [0, 0.05) is 32.8 Å². The van der Waals surface area contributed by atoms with Gasteiger partial charge in [-0.05, 0) is 41.9 Å². The Kier molecular flexibility index (Phi) is 5.31. The molecule has 5 heteroatoms. The van der Waals surface area contributed by atoms with Crippen molar-refractivity contribution in [2.75, 3.05) is 33.4 Å². The summed E-state index contributed by atoms with van der Waals surface area (Å²) < 4.78 is 9.01. The Morgan fingerprint density at radius 2 is 2.47 bits per heavy atom. The summed E-state index contributed by atoms with van der Waals surface area (Å²) in [4.78, 5) is 0. The third-order valence-corrected chi connectivity index (χ3v) is 5.06. The minimum atomic E-state index is 0.491. The van der Waals surface area contributed by atoms with Crippen LogP contribution in [-0.4, -0.2) is 37.7 Å². The number of ether oxygens (including phenoxy) is 1. The minimum absolute atomic E-state index is 0.491. The van der Waals surface area contributed by atoms with Crippen LogP contribution < -0.4 is 5.32 Å². The summed E-state index contributed by atoms with van der Waals surface area (Å²) in [6.07, 6.45) is 1.10. The van der Waals surface area contributed by atoms with E-state index in [0.717, 1.165) is 32.7 Å². The van der Waals surface area contributed by atoms with E-state index in [1.54, 1.807) is 7.11 Å². The Bertz CT molecular complexity index is 343. The van der Waals surface area contributed by atoms with Crippen molar-refractivity contribution in [3.05, 3.63) is 17.0 Å². The zero-order valence-corrected chi connectivity index (χ0v) is 12.1. The average molecular weight is 272 g/mol. The number of likely N-dealkylation sites (N-methyl/N-ethyl adjacent to an activating group) is 1. The van der Waals surface area contributed by atoms with E-state index in [-0.39, 0.29) is 0 Å². The molecule has 2 rings (SSSR count). The molecule has 2 heterocycles. The highest BCUT2D eigenvalue weighted by atomic mass is 32.2. The molecule has 1 atom stereocenters. The van der Waals surface area contributed by atoms with Crippen LogP contribution in [0.25, 0.3) is 0 Å². The molecular formula is C12H20N2OS2. The fraction of sp³-hybridized carbons (Fsp3) is 0.667. The van der Waals surface area contributed by atoms with E-state index >= 15 is 0 Å². The first-order valence-electron chi connectivity index (χ1n) is 6.07. The number of methoxy groups -OCH3 is 1. The number of nitrogens with one attached hydrogen (secondary N) is 1. The lowest BCUT2D eigenvalue weighted by Gasteiger charge is -2.32. The maximum atomic E-state index is 5.11. The second kappa shape index (κ2) is 6.75. The molecular weight excluding hydrogens is 252 g/mol. The lowest BCUT2D eigenvalue weighted by Crippen LogP contribution is -2.35. The molecule has 96 valence electrons. The Balaban J connectivity index is 1.96. The summed E-state index contributed by atoms with van der Waals surface area (Å²) in [6, 6.07) is 2.75. The largest absolute Gasteiger partial charge is 0.385 e. The number of hydrogen-bond donors (Lipinski definition) is 1. The first-order valence-corrected chi connectivity index (χ1v) is 7.73. The van der Waals surface area contributed by atoms with Gasteiger partial charge in [-0.1, -0.05) is 6.92 Å². The van der Waals surface area contributed by atoms with Gasteiger partial charge in [-0.2, -0.15) is 0 Å². The quantitative estimate of drug-likeness (QED) is 0.636. The number of thiophene rings is 1. The molecule has 0 aliphatic carbocycles. The average Bonchev–Trinajstić information content (AvgIpc) is 2.78. The number of nitrogens with zero attached hydrogens (tertiary/aromatic N) is 1. The van der Waals surface area contributed by atoms with Crippen LogP contribution in [0.5, 0.6) is 0 Å². The van der Waals surface area contributed by atoms with Crippen LogP contribution in [0.15, 0.2) is 15.7 Å². The summed E-state index contributed by atoms with van der Waals surface area (Å²) >= 11 is 3.75. The lowest BCUT2D eigenvalue weighted by molar-refractivity contribution is 0.187. The molecule has 0 saturated carbocycles. The molecule has 0 spiro atoms. The maximum absolute atomic E-state index is 5.11. The third-order valence-electron chi connectivity index (χ3n) is 2.84. The third kappa shape index (κ3) is 3.45. The van der Waals surface area contributed by atoms with Crippen LogP contribution >= 0.6 is 23.3 Å². The van der Waals surface area contributed by atoms with Crippen molar-refractivity contribution in [2.24, 2.45) is 0 Å². The van der Waals surface area contributed by atoms with Gasteiger partial charge in [0.15, 0.2) is 0 Å². The Labute approximate surface area is 112 Å². The summed E-state index contributed by atoms with van der Waals surface area (Å²) in [7, 11) is 1.77. The van der Waals surface area contributed by atoms with Gasteiger partial charge in [0.2, 0.25) is 0 Å². The molecule has 1 aliphatic heterocycles.